The highest BCUT2D eigenvalue weighted by atomic mass is 32.2. The highest BCUT2D eigenvalue weighted by molar-refractivity contribution is 7.90. The van der Waals surface area contributed by atoms with Gasteiger partial charge in [-0.25, -0.2) is 13.1 Å². The Kier molecular flexibility index (Phi) is 8.99. The van der Waals surface area contributed by atoms with Gasteiger partial charge in [0.15, 0.2) is 0 Å². The molecule has 13 heteroatoms. The zero-order valence-electron chi connectivity index (χ0n) is 26.0. The second-order valence-electron chi connectivity index (χ2n) is 12.1. The number of benzene rings is 2. The lowest BCUT2D eigenvalue weighted by Gasteiger charge is -2.25. The van der Waals surface area contributed by atoms with Crippen LogP contribution in [0, 0.1) is 6.92 Å². The Morgan fingerprint density at radius 3 is 2.80 bits per heavy atom. The monoisotopic (exact) mass is 663 g/mol. The molecular formula is C33H37N5O6S2. The van der Waals surface area contributed by atoms with Gasteiger partial charge in [0, 0.05) is 49.1 Å². The van der Waals surface area contributed by atoms with E-state index in [4.69, 9.17) is 4.74 Å². The van der Waals surface area contributed by atoms with E-state index in [-0.39, 0.29) is 23.8 Å². The second kappa shape index (κ2) is 13.0. The number of carboxylic acid groups (broad SMARTS) is 1. The summed E-state index contributed by atoms with van der Waals surface area (Å²) >= 11 is 1.66. The zero-order valence-corrected chi connectivity index (χ0v) is 27.7. The van der Waals surface area contributed by atoms with Crippen molar-refractivity contribution in [1.82, 2.24) is 24.9 Å². The fourth-order valence-electron chi connectivity index (χ4n) is 6.38. The molecule has 0 spiro atoms. The molecule has 5 aromatic rings. The second-order valence-corrected chi connectivity index (χ2v) is 15.3. The summed E-state index contributed by atoms with van der Waals surface area (Å²) in [4.78, 5) is 29.6. The van der Waals surface area contributed by atoms with Gasteiger partial charge in [-0.1, -0.05) is 24.3 Å². The van der Waals surface area contributed by atoms with E-state index in [1.807, 2.05) is 19.1 Å². The highest BCUT2D eigenvalue weighted by Gasteiger charge is 2.26. The molecule has 0 amide bonds. The van der Waals surface area contributed by atoms with E-state index < -0.39 is 21.7 Å². The number of aryl methyl sites for hydroxylation is 2. The molecule has 6 rings (SSSR count). The summed E-state index contributed by atoms with van der Waals surface area (Å²) in [6.45, 7) is 6.23. The predicted octanol–water partition coefficient (Wildman–Crippen LogP) is 4.86. The molecule has 46 heavy (non-hydrogen) atoms. The number of sulfone groups is 1. The number of ether oxygens (including phenoxy) is 1. The SMILES string of the molecule is CC[C@@H]1CN(Cc2cc(C(CC(=O)O)c3ccc4c(nnn4CCCS(C)(=O)=O)c3C)cc3ccsc23)Cc2[nH]c(=O)ccc2O1. The lowest BCUT2D eigenvalue weighted by Crippen LogP contribution is -2.32. The summed E-state index contributed by atoms with van der Waals surface area (Å²) < 4.78 is 32.3. The van der Waals surface area contributed by atoms with Crippen molar-refractivity contribution >= 4 is 48.3 Å². The highest BCUT2D eigenvalue weighted by Crippen LogP contribution is 2.38. The topological polar surface area (TPSA) is 147 Å². The van der Waals surface area contributed by atoms with Crippen molar-refractivity contribution in [1.29, 1.82) is 0 Å². The quantitative estimate of drug-likeness (QED) is 0.202. The van der Waals surface area contributed by atoms with Crippen molar-refractivity contribution in [2.24, 2.45) is 0 Å². The van der Waals surface area contributed by atoms with Gasteiger partial charge in [-0.15, -0.1) is 16.4 Å². The van der Waals surface area contributed by atoms with Crippen molar-refractivity contribution < 1.29 is 23.1 Å². The number of aliphatic carboxylic acids is 1. The van der Waals surface area contributed by atoms with E-state index in [0.29, 0.717) is 43.9 Å². The molecular weight excluding hydrogens is 627 g/mol. The van der Waals surface area contributed by atoms with Crippen LogP contribution in [0.5, 0.6) is 5.75 Å². The molecule has 0 aliphatic carbocycles. The minimum atomic E-state index is -3.08. The fraction of sp³-hybridized carbons (Fsp3) is 0.394. The number of fused-ring (bicyclic) bond motifs is 3. The molecule has 242 valence electrons. The molecule has 2 atom stereocenters. The van der Waals surface area contributed by atoms with Gasteiger partial charge in [0.2, 0.25) is 5.56 Å². The van der Waals surface area contributed by atoms with E-state index in [2.05, 4.69) is 50.7 Å². The van der Waals surface area contributed by atoms with Gasteiger partial charge in [-0.05, 0) is 77.1 Å². The number of carboxylic acids is 1. The molecule has 0 saturated carbocycles. The molecule has 3 aromatic heterocycles. The number of aromatic amines is 1. The number of aromatic nitrogens is 4. The van der Waals surface area contributed by atoms with Crippen LogP contribution in [0.4, 0.5) is 0 Å². The van der Waals surface area contributed by atoms with Crippen LogP contribution in [0.2, 0.25) is 0 Å². The van der Waals surface area contributed by atoms with Gasteiger partial charge in [-0.3, -0.25) is 14.5 Å². The number of hydrogen-bond donors (Lipinski definition) is 2. The molecule has 2 aromatic carbocycles. The number of hydrogen-bond acceptors (Lipinski definition) is 9. The van der Waals surface area contributed by atoms with Gasteiger partial charge in [-0.2, -0.15) is 0 Å². The third kappa shape index (κ3) is 6.86. The van der Waals surface area contributed by atoms with Crippen LogP contribution in [-0.4, -0.2) is 69.0 Å². The summed E-state index contributed by atoms with van der Waals surface area (Å²) in [6.07, 6.45) is 2.31. The van der Waals surface area contributed by atoms with Gasteiger partial charge >= 0.3 is 5.97 Å². The van der Waals surface area contributed by atoms with Crippen LogP contribution in [0.1, 0.15) is 60.1 Å². The standard InChI is InChI=1S/C33H37N5O6S2/c1-4-24-18-37(19-27-29(44-24)8-9-30(39)34-27)17-23-15-22(14-21-10-12-45-33(21)23)26(16-31(40)41)25-6-7-28-32(20(25)2)35-36-38(28)11-5-13-46(3,42)43/h6-10,12,14-15,24,26H,4-5,11,13,16-19H2,1-3H3,(H,34,39)(H,40,41)/t24-,26?/m1/s1. The van der Waals surface area contributed by atoms with E-state index >= 15 is 0 Å². The van der Waals surface area contributed by atoms with Gasteiger partial charge < -0.3 is 14.8 Å². The maximum atomic E-state index is 12.3. The first-order chi connectivity index (χ1) is 22.0. The Hall–Kier alpha value is -4.07. The van der Waals surface area contributed by atoms with Crippen LogP contribution >= 0.6 is 11.3 Å². The number of nitrogens with zero attached hydrogens (tertiary/aromatic N) is 4. The molecule has 1 unspecified atom stereocenters. The number of H-pyrrole nitrogens is 1. The van der Waals surface area contributed by atoms with E-state index in [1.165, 1.54) is 12.3 Å². The van der Waals surface area contributed by atoms with E-state index in [1.54, 1.807) is 22.1 Å². The summed E-state index contributed by atoms with van der Waals surface area (Å²) in [6, 6.07) is 13.4. The Labute approximate surface area is 270 Å². The maximum absolute atomic E-state index is 12.3. The van der Waals surface area contributed by atoms with Gasteiger partial charge in [0.1, 0.15) is 27.2 Å². The van der Waals surface area contributed by atoms with Crippen molar-refractivity contribution in [3.05, 3.63) is 86.1 Å². The summed E-state index contributed by atoms with van der Waals surface area (Å²) in [5.74, 6) is -0.582. The first-order valence-corrected chi connectivity index (χ1v) is 18.3. The fourth-order valence-corrected chi connectivity index (χ4v) is 7.93. The number of thiophene rings is 1. The molecule has 0 saturated heterocycles. The molecule has 11 nitrogen and oxygen atoms in total. The van der Waals surface area contributed by atoms with Crippen LogP contribution in [0.25, 0.3) is 21.1 Å². The van der Waals surface area contributed by atoms with E-state index in [0.717, 1.165) is 50.0 Å². The Morgan fingerprint density at radius 2 is 2.04 bits per heavy atom. The van der Waals surface area contributed by atoms with E-state index in [9.17, 15) is 23.1 Å². The summed E-state index contributed by atoms with van der Waals surface area (Å²) in [7, 11) is -3.08. The molecule has 1 aliphatic rings. The van der Waals surface area contributed by atoms with Crippen LogP contribution in [-0.2, 0) is 34.3 Å². The van der Waals surface area contributed by atoms with Crippen LogP contribution < -0.4 is 10.3 Å². The van der Waals surface area contributed by atoms with Crippen LogP contribution in [0.3, 0.4) is 0 Å². The average Bonchev–Trinajstić information content (AvgIpc) is 3.60. The molecule has 2 N–H and O–H groups in total. The molecule has 1 aliphatic heterocycles. The lowest BCUT2D eigenvalue weighted by molar-refractivity contribution is -0.137. The summed E-state index contributed by atoms with van der Waals surface area (Å²) in [5, 5.41) is 21.9. The minimum absolute atomic E-state index is 0.0388. The largest absolute Gasteiger partial charge is 0.487 e. The number of pyridine rings is 1. The predicted molar refractivity (Wildman–Crippen MR) is 178 cm³/mol. The van der Waals surface area contributed by atoms with Crippen molar-refractivity contribution in [3.63, 3.8) is 0 Å². The lowest BCUT2D eigenvalue weighted by atomic mass is 9.84. The molecule has 4 heterocycles. The number of nitrogens with one attached hydrogen (secondary N) is 1. The first-order valence-electron chi connectivity index (χ1n) is 15.3. The minimum Gasteiger partial charge on any atom is -0.487 e. The Bertz CT molecular complexity index is 2080. The zero-order chi connectivity index (χ0) is 32.6. The van der Waals surface area contributed by atoms with Crippen molar-refractivity contribution in [3.8, 4) is 5.75 Å². The summed E-state index contributed by atoms with van der Waals surface area (Å²) in [5.41, 5.74) is 5.73. The third-order valence-electron chi connectivity index (χ3n) is 8.62. The Balaban J connectivity index is 1.36. The maximum Gasteiger partial charge on any atom is 0.304 e. The number of carbonyl (C=O) groups is 1. The van der Waals surface area contributed by atoms with Crippen molar-refractivity contribution in [2.75, 3.05) is 18.6 Å². The third-order valence-corrected chi connectivity index (χ3v) is 10.7. The Morgan fingerprint density at radius 1 is 1.22 bits per heavy atom. The molecule has 0 radical (unpaired) electrons. The smallest absolute Gasteiger partial charge is 0.304 e. The molecule has 0 bridgehead atoms. The normalized spacial score (nSPS) is 16.3. The van der Waals surface area contributed by atoms with Gasteiger partial charge in [0.25, 0.3) is 0 Å². The van der Waals surface area contributed by atoms with Crippen molar-refractivity contribution in [2.45, 2.75) is 64.8 Å². The first kappa shape index (κ1) is 31.9. The average molecular weight is 664 g/mol. The molecule has 0 fully saturated rings. The number of rotatable bonds is 11. The van der Waals surface area contributed by atoms with Crippen LogP contribution in [0.15, 0.2) is 52.6 Å². The van der Waals surface area contributed by atoms with Gasteiger partial charge in [0.05, 0.1) is 23.4 Å².